The average Bonchev–Trinajstić information content (AvgIpc) is 2.75. The Labute approximate surface area is 188 Å². The van der Waals surface area contributed by atoms with Crippen LogP contribution in [0.25, 0.3) is 0 Å². The third-order valence-electron chi connectivity index (χ3n) is 5.04. The maximum atomic E-state index is 13.5. The Hall–Kier alpha value is -3.29. The summed E-state index contributed by atoms with van der Waals surface area (Å²) in [5.41, 5.74) is 3.11. The molecule has 0 unspecified atom stereocenters. The van der Waals surface area contributed by atoms with Gasteiger partial charge in [-0.25, -0.2) is 8.42 Å². The van der Waals surface area contributed by atoms with Crippen molar-refractivity contribution in [3.05, 3.63) is 95.1 Å². The lowest BCUT2D eigenvalue weighted by atomic mass is 10.1. The van der Waals surface area contributed by atoms with Crippen molar-refractivity contribution < 1.29 is 18.0 Å². The van der Waals surface area contributed by atoms with Crippen LogP contribution in [0.2, 0.25) is 0 Å². The van der Waals surface area contributed by atoms with Gasteiger partial charge in [0, 0.05) is 17.8 Å². The maximum Gasteiger partial charge on any atom is 0.244 e. The Bertz CT molecular complexity index is 1240. The summed E-state index contributed by atoms with van der Waals surface area (Å²) in [6.45, 7) is 4.70. The highest BCUT2D eigenvalue weighted by atomic mass is 32.2. The predicted octanol–water partition coefficient (Wildman–Crippen LogP) is 4.34. The van der Waals surface area contributed by atoms with Gasteiger partial charge in [-0.2, -0.15) is 4.31 Å². The molecule has 0 radical (unpaired) electrons. The molecular formula is C25H26N2O4S. The number of ketones is 1. The Morgan fingerprint density at radius 3 is 2.31 bits per heavy atom. The largest absolute Gasteiger partial charge is 0.325 e. The number of nitrogens with zero attached hydrogens (tertiary/aromatic N) is 1. The minimum atomic E-state index is -3.94. The van der Waals surface area contributed by atoms with Gasteiger partial charge < -0.3 is 5.32 Å². The first kappa shape index (κ1) is 23.4. The zero-order chi connectivity index (χ0) is 23.3. The monoisotopic (exact) mass is 450 g/mol. The molecule has 0 aliphatic carbocycles. The van der Waals surface area contributed by atoms with E-state index in [0.29, 0.717) is 16.8 Å². The summed E-state index contributed by atoms with van der Waals surface area (Å²) in [6.07, 6.45) is 0. The maximum absolute atomic E-state index is 13.5. The number of anilines is 1. The van der Waals surface area contributed by atoms with Crippen molar-refractivity contribution in [2.75, 3.05) is 11.9 Å². The number of carbonyl (C=O) groups is 2. The first-order chi connectivity index (χ1) is 15.2. The Morgan fingerprint density at radius 1 is 0.906 bits per heavy atom. The Morgan fingerprint density at radius 2 is 1.62 bits per heavy atom. The molecule has 0 heterocycles. The molecule has 0 fully saturated rings. The minimum Gasteiger partial charge on any atom is -0.325 e. The minimum absolute atomic E-state index is 0.0530. The standard InChI is InChI=1S/C25H26N2O4S/c1-18-12-13-19(2)24(14-18)32(30,31)27(16-21-8-5-4-6-9-21)17-25(29)26-23-11-7-10-22(15-23)20(3)28/h4-15H,16-17H2,1-3H3,(H,26,29). The van der Waals surface area contributed by atoms with E-state index in [9.17, 15) is 18.0 Å². The van der Waals surface area contributed by atoms with Gasteiger partial charge in [0.15, 0.2) is 5.78 Å². The number of benzene rings is 3. The summed E-state index contributed by atoms with van der Waals surface area (Å²) in [7, 11) is -3.94. The molecule has 3 aromatic carbocycles. The predicted molar refractivity (Wildman–Crippen MR) is 125 cm³/mol. The fourth-order valence-electron chi connectivity index (χ4n) is 3.31. The molecule has 3 rings (SSSR count). The van der Waals surface area contributed by atoms with Gasteiger partial charge in [-0.05, 0) is 55.7 Å². The topological polar surface area (TPSA) is 83.6 Å². The summed E-state index contributed by atoms with van der Waals surface area (Å²) in [5, 5.41) is 2.71. The smallest absolute Gasteiger partial charge is 0.244 e. The van der Waals surface area contributed by atoms with Gasteiger partial charge in [0.2, 0.25) is 15.9 Å². The van der Waals surface area contributed by atoms with Gasteiger partial charge in [0.05, 0.1) is 11.4 Å². The highest BCUT2D eigenvalue weighted by molar-refractivity contribution is 7.89. The van der Waals surface area contributed by atoms with Gasteiger partial charge in [0.25, 0.3) is 0 Å². The second-order valence-electron chi connectivity index (χ2n) is 7.71. The molecule has 3 aromatic rings. The first-order valence-electron chi connectivity index (χ1n) is 10.2. The summed E-state index contributed by atoms with van der Waals surface area (Å²) in [6, 6.07) is 20.9. The zero-order valence-electron chi connectivity index (χ0n) is 18.3. The van der Waals surface area contributed by atoms with E-state index < -0.39 is 15.9 Å². The van der Waals surface area contributed by atoms with E-state index in [2.05, 4.69) is 5.32 Å². The number of nitrogens with one attached hydrogen (secondary N) is 1. The van der Waals surface area contributed by atoms with Crippen LogP contribution in [0.3, 0.4) is 0 Å². The Balaban J connectivity index is 1.91. The van der Waals surface area contributed by atoms with Crippen molar-refractivity contribution in [1.29, 1.82) is 0 Å². The van der Waals surface area contributed by atoms with E-state index >= 15 is 0 Å². The number of hydrogen-bond donors (Lipinski definition) is 1. The molecule has 0 saturated heterocycles. The molecule has 166 valence electrons. The molecule has 0 aliphatic rings. The lowest BCUT2D eigenvalue weighted by molar-refractivity contribution is -0.116. The van der Waals surface area contributed by atoms with Crippen LogP contribution in [-0.4, -0.2) is 31.0 Å². The molecule has 0 aromatic heterocycles. The molecule has 1 N–H and O–H groups in total. The average molecular weight is 451 g/mol. The summed E-state index contributed by atoms with van der Waals surface area (Å²) in [5.74, 6) is -0.611. The van der Waals surface area contributed by atoms with Crippen LogP contribution >= 0.6 is 0 Å². The molecule has 1 amide bonds. The zero-order valence-corrected chi connectivity index (χ0v) is 19.1. The highest BCUT2D eigenvalue weighted by Gasteiger charge is 2.28. The number of hydrogen-bond acceptors (Lipinski definition) is 4. The lowest BCUT2D eigenvalue weighted by Crippen LogP contribution is -2.38. The van der Waals surface area contributed by atoms with Crippen LogP contribution in [0.4, 0.5) is 5.69 Å². The van der Waals surface area contributed by atoms with Crippen LogP contribution in [0, 0.1) is 13.8 Å². The number of sulfonamides is 1. The normalized spacial score (nSPS) is 11.4. The van der Waals surface area contributed by atoms with E-state index in [4.69, 9.17) is 0 Å². The van der Waals surface area contributed by atoms with Crippen molar-refractivity contribution in [1.82, 2.24) is 4.31 Å². The quantitative estimate of drug-likeness (QED) is 0.518. The van der Waals surface area contributed by atoms with Crippen LogP contribution in [-0.2, 0) is 21.4 Å². The van der Waals surface area contributed by atoms with Crippen molar-refractivity contribution >= 4 is 27.4 Å². The molecule has 6 nitrogen and oxygen atoms in total. The molecule has 0 saturated carbocycles. The summed E-state index contributed by atoms with van der Waals surface area (Å²) in [4.78, 5) is 24.6. The number of amides is 1. The van der Waals surface area contributed by atoms with Crippen molar-refractivity contribution in [3.8, 4) is 0 Å². The van der Waals surface area contributed by atoms with Gasteiger partial charge >= 0.3 is 0 Å². The van der Waals surface area contributed by atoms with Crippen molar-refractivity contribution in [3.63, 3.8) is 0 Å². The van der Waals surface area contributed by atoms with Gasteiger partial charge in [-0.15, -0.1) is 0 Å². The van der Waals surface area contributed by atoms with Crippen LogP contribution < -0.4 is 5.32 Å². The molecule has 0 atom stereocenters. The molecule has 0 spiro atoms. The molecule has 7 heteroatoms. The van der Waals surface area contributed by atoms with E-state index in [0.717, 1.165) is 11.1 Å². The molecule has 32 heavy (non-hydrogen) atoms. The second-order valence-corrected chi connectivity index (χ2v) is 9.62. The van der Waals surface area contributed by atoms with Gasteiger partial charge in [-0.3, -0.25) is 9.59 Å². The van der Waals surface area contributed by atoms with Gasteiger partial charge in [-0.1, -0.05) is 54.6 Å². The lowest BCUT2D eigenvalue weighted by Gasteiger charge is -2.23. The SMILES string of the molecule is CC(=O)c1cccc(NC(=O)CN(Cc2ccccc2)S(=O)(=O)c2cc(C)ccc2C)c1. The van der Waals surface area contributed by atoms with Crippen molar-refractivity contribution in [2.45, 2.75) is 32.2 Å². The van der Waals surface area contributed by atoms with E-state index in [1.54, 1.807) is 43.3 Å². The number of Topliss-reactive ketones (excluding diaryl/α,β-unsaturated/α-hetero) is 1. The third kappa shape index (κ3) is 5.69. The van der Waals surface area contributed by atoms with E-state index in [-0.39, 0.29) is 23.8 Å². The molecule has 0 aliphatic heterocycles. The van der Waals surface area contributed by atoms with E-state index in [1.807, 2.05) is 43.3 Å². The van der Waals surface area contributed by atoms with Crippen LogP contribution in [0.15, 0.2) is 77.7 Å². The highest BCUT2D eigenvalue weighted by Crippen LogP contribution is 2.23. The molecular weight excluding hydrogens is 424 g/mol. The third-order valence-corrected chi connectivity index (χ3v) is 6.97. The second kappa shape index (κ2) is 9.89. The van der Waals surface area contributed by atoms with Crippen molar-refractivity contribution in [2.24, 2.45) is 0 Å². The van der Waals surface area contributed by atoms with Gasteiger partial charge in [0.1, 0.15) is 0 Å². The summed E-state index contributed by atoms with van der Waals surface area (Å²) >= 11 is 0. The first-order valence-corrected chi connectivity index (χ1v) is 11.6. The van der Waals surface area contributed by atoms with Crippen LogP contribution in [0.1, 0.15) is 34.0 Å². The summed E-state index contributed by atoms with van der Waals surface area (Å²) < 4.78 is 28.3. The number of rotatable bonds is 8. The number of carbonyl (C=O) groups excluding carboxylic acids is 2. The fourth-order valence-corrected chi connectivity index (χ4v) is 5.01. The Kier molecular flexibility index (Phi) is 7.22. The fraction of sp³-hybridized carbons (Fsp3) is 0.200. The number of aryl methyl sites for hydroxylation is 2. The van der Waals surface area contributed by atoms with E-state index in [1.165, 1.54) is 11.2 Å². The van der Waals surface area contributed by atoms with Crippen LogP contribution in [0.5, 0.6) is 0 Å². The molecule has 0 bridgehead atoms.